The van der Waals surface area contributed by atoms with Crippen molar-refractivity contribution in [2.45, 2.75) is 57.1 Å². The van der Waals surface area contributed by atoms with Crippen molar-refractivity contribution >= 4 is 11.9 Å². The molecule has 4 aliphatic carbocycles. The van der Waals surface area contributed by atoms with E-state index in [0.717, 1.165) is 37.0 Å². The first-order chi connectivity index (χ1) is 11.9. The van der Waals surface area contributed by atoms with E-state index in [4.69, 9.17) is 4.74 Å². The van der Waals surface area contributed by atoms with Crippen LogP contribution in [0.2, 0.25) is 0 Å². The Labute approximate surface area is 147 Å². The minimum atomic E-state index is -0.875. The van der Waals surface area contributed by atoms with Crippen molar-refractivity contribution in [1.29, 1.82) is 0 Å². The van der Waals surface area contributed by atoms with Crippen molar-refractivity contribution < 1.29 is 19.4 Å². The maximum Gasteiger partial charge on any atom is 0.342 e. The van der Waals surface area contributed by atoms with Crippen LogP contribution in [0.3, 0.4) is 0 Å². The maximum atomic E-state index is 12.6. The molecule has 5 heteroatoms. The molecule has 2 N–H and O–H groups in total. The Kier molecular flexibility index (Phi) is 3.97. The van der Waals surface area contributed by atoms with Gasteiger partial charge in [-0.05, 0) is 75.3 Å². The first kappa shape index (κ1) is 16.4. The molecule has 4 fully saturated rings. The van der Waals surface area contributed by atoms with E-state index in [-0.39, 0.29) is 22.8 Å². The number of aromatic hydroxyl groups is 1. The summed E-state index contributed by atoms with van der Waals surface area (Å²) in [5.41, 5.74) is -0.0153. The van der Waals surface area contributed by atoms with E-state index in [2.05, 4.69) is 5.32 Å². The van der Waals surface area contributed by atoms with Gasteiger partial charge in [-0.3, -0.25) is 4.79 Å². The van der Waals surface area contributed by atoms with Crippen LogP contribution >= 0.6 is 0 Å². The van der Waals surface area contributed by atoms with Crippen molar-refractivity contribution in [3.8, 4) is 5.75 Å². The molecule has 0 radical (unpaired) electrons. The van der Waals surface area contributed by atoms with Crippen LogP contribution in [0.1, 0.15) is 55.8 Å². The Morgan fingerprint density at radius 2 is 1.68 bits per heavy atom. The molecule has 0 aromatic heterocycles. The molecule has 25 heavy (non-hydrogen) atoms. The fraction of sp³-hybridized carbons (Fsp3) is 0.600. The van der Waals surface area contributed by atoms with Gasteiger partial charge in [-0.25, -0.2) is 4.79 Å². The number of phenols is 1. The standard InChI is InChI=1S/C20H25NO4/c1-12(25-19(24)16-4-2-3-5-17(16)22)18(23)21-20-9-13-6-14(10-20)8-15(7-13)11-20/h2-5,12-15,22H,6-11H2,1H3,(H,21,23)/t12-,13?,14?,15?,20?/m0/s1. The third-order valence-corrected chi connectivity index (χ3v) is 6.20. The van der Waals surface area contributed by atoms with Gasteiger partial charge in [0.05, 0.1) is 0 Å². The van der Waals surface area contributed by atoms with Crippen LogP contribution in [0.4, 0.5) is 0 Å². The van der Waals surface area contributed by atoms with Crippen LogP contribution in [-0.4, -0.2) is 28.6 Å². The number of nitrogens with one attached hydrogen (secondary N) is 1. The quantitative estimate of drug-likeness (QED) is 0.824. The average molecular weight is 343 g/mol. The van der Waals surface area contributed by atoms with Gasteiger partial charge in [0.1, 0.15) is 11.3 Å². The Bertz CT molecular complexity index is 663. The average Bonchev–Trinajstić information content (AvgIpc) is 2.53. The molecule has 5 rings (SSSR count). The molecule has 0 saturated heterocycles. The van der Waals surface area contributed by atoms with Crippen LogP contribution in [0, 0.1) is 17.8 Å². The SMILES string of the molecule is C[C@H](OC(=O)c1ccccc1O)C(=O)NC12CC3CC(CC(C3)C1)C2. The van der Waals surface area contributed by atoms with Crippen LogP contribution < -0.4 is 5.32 Å². The molecular weight excluding hydrogens is 318 g/mol. The molecule has 4 bridgehead atoms. The number of carbonyl (C=O) groups is 2. The summed E-state index contributed by atoms with van der Waals surface area (Å²) in [5, 5.41) is 13.0. The van der Waals surface area contributed by atoms with Gasteiger partial charge >= 0.3 is 5.97 Å². The second-order valence-corrected chi connectivity index (χ2v) is 8.25. The van der Waals surface area contributed by atoms with Gasteiger partial charge in [-0.1, -0.05) is 12.1 Å². The normalized spacial score (nSPS) is 33.7. The highest BCUT2D eigenvalue weighted by Gasteiger charge is 2.51. The van der Waals surface area contributed by atoms with Gasteiger partial charge < -0.3 is 15.2 Å². The number of hydrogen-bond acceptors (Lipinski definition) is 4. The molecule has 134 valence electrons. The molecule has 0 spiro atoms. The fourth-order valence-electron chi connectivity index (χ4n) is 5.55. The molecule has 0 aliphatic heterocycles. The first-order valence-electron chi connectivity index (χ1n) is 9.25. The Morgan fingerprint density at radius 1 is 1.12 bits per heavy atom. The predicted molar refractivity (Wildman–Crippen MR) is 92.0 cm³/mol. The number of ether oxygens (including phenoxy) is 1. The molecule has 1 atom stereocenters. The molecule has 1 aromatic carbocycles. The van der Waals surface area contributed by atoms with Crippen molar-refractivity contribution in [3.63, 3.8) is 0 Å². The molecule has 1 aromatic rings. The van der Waals surface area contributed by atoms with Crippen LogP contribution in [0.5, 0.6) is 5.75 Å². The minimum absolute atomic E-state index is 0.0805. The monoisotopic (exact) mass is 343 g/mol. The van der Waals surface area contributed by atoms with Crippen molar-refractivity contribution in [2.24, 2.45) is 17.8 Å². The van der Waals surface area contributed by atoms with Crippen molar-refractivity contribution in [2.75, 3.05) is 0 Å². The van der Waals surface area contributed by atoms with Gasteiger partial charge in [-0.2, -0.15) is 0 Å². The molecule has 0 heterocycles. The summed E-state index contributed by atoms with van der Waals surface area (Å²) in [7, 11) is 0. The lowest BCUT2D eigenvalue weighted by atomic mass is 9.53. The Hall–Kier alpha value is -2.04. The molecule has 4 saturated carbocycles. The highest BCUT2D eigenvalue weighted by Crippen LogP contribution is 2.55. The van der Waals surface area contributed by atoms with E-state index in [1.165, 1.54) is 31.4 Å². The molecule has 4 aliphatic rings. The minimum Gasteiger partial charge on any atom is -0.507 e. The molecule has 5 nitrogen and oxygen atoms in total. The second-order valence-electron chi connectivity index (χ2n) is 8.25. The zero-order valence-electron chi connectivity index (χ0n) is 14.5. The Balaban J connectivity index is 1.40. The maximum absolute atomic E-state index is 12.6. The highest BCUT2D eigenvalue weighted by molar-refractivity contribution is 5.94. The number of amides is 1. The predicted octanol–water partition coefficient (Wildman–Crippen LogP) is 3.02. The van der Waals surface area contributed by atoms with E-state index in [0.29, 0.717) is 0 Å². The first-order valence-corrected chi connectivity index (χ1v) is 9.25. The number of rotatable bonds is 4. The summed E-state index contributed by atoms with van der Waals surface area (Å²) in [4.78, 5) is 24.8. The number of phenolic OH excluding ortho intramolecular Hbond substituents is 1. The van der Waals surface area contributed by atoms with Gasteiger partial charge in [-0.15, -0.1) is 0 Å². The van der Waals surface area contributed by atoms with Gasteiger partial charge in [0, 0.05) is 5.54 Å². The summed E-state index contributed by atoms with van der Waals surface area (Å²) in [5.74, 6) is 1.18. The lowest BCUT2D eigenvalue weighted by Crippen LogP contribution is -2.61. The fourth-order valence-corrected chi connectivity index (χ4v) is 5.55. The van der Waals surface area contributed by atoms with Gasteiger partial charge in [0.2, 0.25) is 0 Å². The van der Waals surface area contributed by atoms with E-state index in [9.17, 15) is 14.7 Å². The topological polar surface area (TPSA) is 75.6 Å². The zero-order chi connectivity index (χ0) is 17.6. The smallest absolute Gasteiger partial charge is 0.342 e. The molecule has 1 amide bonds. The highest BCUT2D eigenvalue weighted by atomic mass is 16.5. The summed E-state index contributed by atoms with van der Waals surface area (Å²) in [6.07, 6.45) is 6.24. The molecule has 0 unspecified atom stereocenters. The van der Waals surface area contributed by atoms with E-state index in [1.807, 2.05) is 0 Å². The van der Waals surface area contributed by atoms with Crippen molar-refractivity contribution in [3.05, 3.63) is 29.8 Å². The lowest BCUT2D eigenvalue weighted by Gasteiger charge is -2.57. The van der Waals surface area contributed by atoms with Crippen LogP contribution in [-0.2, 0) is 9.53 Å². The van der Waals surface area contributed by atoms with E-state index >= 15 is 0 Å². The van der Waals surface area contributed by atoms with Gasteiger partial charge in [0.15, 0.2) is 6.10 Å². The summed E-state index contributed by atoms with van der Waals surface area (Å²) < 4.78 is 5.28. The number of para-hydroxylation sites is 1. The number of benzene rings is 1. The molecular formula is C20H25NO4. The largest absolute Gasteiger partial charge is 0.507 e. The lowest BCUT2D eigenvalue weighted by molar-refractivity contribution is -0.134. The van der Waals surface area contributed by atoms with Gasteiger partial charge in [0.25, 0.3) is 5.91 Å². The summed E-state index contributed by atoms with van der Waals surface area (Å²) >= 11 is 0. The van der Waals surface area contributed by atoms with E-state index in [1.54, 1.807) is 19.1 Å². The zero-order valence-corrected chi connectivity index (χ0v) is 14.5. The van der Waals surface area contributed by atoms with Crippen LogP contribution in [0.25, 0.3) is 0 Å². The van der Waals surface area contributed by atoms with E-state index < -0.39 is 12.1 Å². The van der Waals surface area contributed by atoms with Crippen LogP contribution in [0.15, 0.2) is 24.3 Å². The summed E-state index contributed by atoms with van der Waals surface area (Å²) in [6.45, 7) is 1.59. The van der Waals surface area contributed by atoms with Crippen molar-refractivity contribution in [1.82, 2.24) is 5.32 Å². The third-order valence-electron chi connectivity index (χ3n) is 6.20. The number of hydrogen-bond donors (Lipinski definition) is 2. The summed E-state index contributed by atoms with van der Waals surface area (Å²) in [6, 6.07) is 6.20. The number of carbonyl (C=O) groups excluding carboxylic acids is 2. The third kappa shape index (κ3) is 3.12. The number of esters is 1. The Morgan fingerprint density at radius 3 is 2.24 bits per heavy atom. The second kappa shape index (κ2) is 6.04.